The van der Waals surface area contributed by atoms with Gasteiger partial charge < -0.3 is 15.0 Å². The van der Waals surface area contributed by atoms with E-state index in [0.717, 1.165) is 10.6 Å². The second kappa shape index (κ2) is 11.9. The highest BCUT2D eigenvalue weighted by atomic mass is 35.5. The summed E-state index contributed by atoms with van der Waals surface area (Å²) < 4.78 is 5.57. The van der Waals surface area contributed by atoms with Crippen LogP contribution >= 0.6 is 34.7 Å². The molecular formula is C23H24ClN3O3S2. The lowest BCUT2D eigenvalue weighted by atomic mass is 10.2. The number of ether oxygens (including phenoxy) is 1. The van der Waals surface area contributed by atoms with Crippen LogP contribution in [0.3, 0.4) is 0 Å². The minimum atomic E-state index is -0.229. The van der Waals surface area contributed by atoms with Gasteiger partial charge in [0.25, 0.3) is 11.8 Å². The third-order valence-corrected chi connectivity index (χ3v) is 6.69. The Hall–Kier alpha value is -2.55. The van der Waals surface area contributed by atoms with Gasteiger partial charge in [0.05, 0.1) is 21.8 Å². The van der Waals surface area contributed by atoms with Crippen molar-refractivity contribution < 1.29 is 14.3 Å². The average Bonchev–Trinajstić information content (AvgIpc) is 3.32. The first-order valence-electron chi connectivity index (χ1n) is 10.1. The normalized spacial score (nSPS) is 10.6. The number of nitrogens with one attached hydrogen (secondary N) is 1. The summed E-state index contributed by atoms with van der Waals surface area (Å²) >= 11 is 9.43. The molecule has 0 spiro atoms. The topological polar surface area (TPSA) is 71.5 Å². The molecule has 2 aromatic carbocycles. The number of likely N-dealkylation sites (N-methyl/N-ethyl adjacent to an activating group) is 1. The lowest BCUT2D eigenvalue weighted by molar-refractivity contribution is -0.132. The largest absolute Gasteiger partial charge is 0.482 e. The molecule has 1 N–H and O–H groups in total. The van der Waals surface area contributed by atoms with Gasteiger partial charge in [-0.15, -0.1) is 23.1 Å². The van der Waals surface area contributed by atoms with Crippen molar-refractivity contribution in [2.45, 2.75) is 24.5 Å². The molecule has 0 bridgehead atoms. The summed E-state index contributed by atoms with van der Waals surface area (Å²) in [5, 5.41) is 5.20. The van der Waals surface area contributed by atoms with Crippen LogP contribution in [-0.4, -0.2) is 41.4 Å². The van der Waals surface area contributed by atoms with E-state index in [0.29, 0.717) is 40.9 Å². The van der Waals surface area contributed by atoms with Gasteiger partial charge in [-0.3, -0.25) is 9.59 Å². The smallest absolute Gasteiger partial charge is 0.260 e. The van der Waals surface area contributed by atoms with E-state index < -0.39 is 0 Å². The Bertz CT molecular complexity index is 1060. The van der Waals surface area contributed by atoms with Gasteiger partial charge in [0, 0.05) is 34.8 Å². The van der Waals surface area contributed by atoms with Crippen LogP contribution in [0, 0.1) is 0 Å². The molecule has 0 saturated heterocycles. The van der Waals surface area contributed by atoms with E-state index in [1.807, 2.05) is 37.4 Å². The molecule has 9 heteroatoms. The van der Waals surface area contributed by atoms with Crippen LogP contribution in [0.15, 0.2) is 58.3 Å². The van der Waals surface area contributed by atoms with Crippen molar-refractivity contribution in [3.05, 3.63) is 69.6 Å². The number of carbonyl (C=O) groups is 2. The molecule has 0 radical (unpaired) electrons. The molecule has 0 fully saturated rings. The van der Waals surface area contributed by atoms with Gasteiger partial charge in [-0.05, 0) is 44.2 Å². The third kappa shape index (κ3) is 6.48. The molecule has 0 aliphatic rings. The van der Waals surface area contributed by atoms with Crippen LogP contribution in [0.5, 0.6) is 5.75 Å². The fourth-order valence-electron chi connectivity index (χ4n) is 2.94. The van der Waals surface area contributed by atoms with Crippen molar-refractivity contribution >= 4 is 52.2 Å². The van der Waals surface area contributed by atoms with Crippen LogP contribution in [0.1, 0.15) is 29.9 Å². The Morgan fingerprint density at radius 2 is 1.97 bits per heavy atom. The zero-order valence-electron chi connectivity index (χ0n) is 17.8. The lowest BCUT2D eigenvalue weighted by Gasteiger charge is -2.19. The number of anilines is 1. The SMILES string of the molecule is CCN(CC)C(=O)COc1ccc(NC(=O)c2ccccc2SCc2cscn2)cc1Cl. The van der Waals surface area contributed by atoms with E-state index in [2.05, 4.69) is 10.3 Å². The van der Waals surface area contributed by atoms with Gasteiger partial charge in [-0.25, -0.2) is 4.98 Å². The molecule has 0 aliphatic heterocycles. The van der Waals surface area contributed by atoms with E-state index in [4.69, 9.17) is 16.3 Å². The highest BCUT2D eigenvalue weighted by molar-refractivity contribution is 7.98. The summed E-state index contributed by atoms with van der Waals surface area (Å²) in [5.74, 6) is 0.755. The molecule has 1 aromatic heterocycles. The predicted molar refractivity (Wildman–Crippen MR) is 131 cm³/mol. The van der Waals surface area contributed by atoms with Gasteiger partial charge in [0.2, 0.25) is 0 Å². The van der Waals surface area contributed by atoms with Crippen molar-refractivity contribution in [2.75, 3.05) is 25.0 Å². The quantitative estimate of drug-likeness (QED) is 0.376. The summed E-state index contributed by atoms with van der Waals surface area (Å²) in [5.41, 5.74) is 3.90. The number of hydrogen-bond donors (Lipinski definition) is 1. The first-order chi connectivity index (χ1) is 15.5. The summed E-state index contributed by atoms with van der Waals surface area (Å²) in [7, 11) is 0. The summed E-state index contributed by atoms with van der Waals surface area (Å²) in [6.45, 7) is 5.00. The lowest BCUT2D eigenvalue weighted by Crippen LogP contribution is -2.34. The first kappa shape index (κ1) is 24.1. The number of nitrogens with zero attached hydrogens (tertiary/aromatic N) is 2. The molecule has 0 atom stereocenters. The Balaban J connectivity index is 1.63. The molecule has 2 amide bonds. The van der Waals surface area contributed by atoms with Crippen LogP contribution < -0.4 is 10.1 Å². The summed E-state index contributed by atoms with van der Waals surface area (Å²) in [6, 6.07) is 12.4. The molecular weight excluding hydrogens is 466 g/mol. The Labute approximate surface area is 200 Å². The fraction of sp³-hybridized carbons (Fsp3) is 0.261. The van der Waals surface area contributed by atoms with Crippen LogP contribution in [0.25, 0.3) is 0 Å². The van der Waals surface area contributed by atoms with Gasteiger partial charge in [-0.2, -0.15) is 0 Å². The van der Waals surface area contributed by atoms with Crippen molar-refractivity contribution in [3.8, 4) is 5.75 Å². The first-order valence-corrected chi connectivity index (χ1v) is 12.4. The molecule has 3 rings (SSSR count). The van der Waals surface area contributed by atoms with E-state index in [-0.39, 0.29) is 18.4 Å². The maximum Gasteiger partial charge on any atom is 0.260 e. The van der Waals surface area contributed by atoms with Crippen molar-refractivity contribution in [1.82, 2.24) is 9.88 Å². The zero-order chi connectivity index (χ0) is 22.9. The van der Waals surface area contributed by atoms with E-state index in [1.54, 1.807) is 57.8 Å². The van der Waals surface area contributed by atoms with Crippen molar-refractivity contribution in [2.24, 2.45) is 0 Å². The number of carbonyl (C=O) groups excluding carboxylic acids is 2. The number of benzene rings is 2. The summed E-state index contributed by atoms with van der Waals surface area (Å²) in [4.78, 5) is 31.8. The zero-order valence-corrected chi connectivity index (χ0v) is 20.2. The predicted octanol–water partition coefficient (Wildman–Crippen LogP) is 5.59. The fourth-order valence-corrected chi connectivity index (χ4v) is 4.79. The minimum absolute atomic E-state index is 0.0866. The molecule has 1 heterocycles. The van der Waals surface area contributed by atoms with Gasteiger partial charge in [0.15, 0.2) is 6.61 Å². The molecule has 0 aliphatic carbocycles. The van der Waals surface area contributed by atoms with Crippen molar-refractivity contribution in [3.63, 3.8) is 0 Å². The van der Waals surface area contributed by atoms with Crippen LogP contribution in [0.4, 0.5) is 5.69 Å². The van der Waals surface area contributed by atoms with Crippen molar-refractivity contribution in [1.29, 1.82) is 0 Å². The monoisotopic (exact) mass is 489 g/mol. The maximum absolute atomic E-state index is 12.9. The van der Waals surface area contributed by atoms with E-state index in [1.165, 1.54) is 0 Å². The van der Waals surface area contributed by atoms with Gasteiger partial charge >= 0.3 is 0 Å². The molecule has 3 aromatic rings. The number of aromatic nitrogens is 1. The number of hydrogen-bond acceptors (Lipinski definition) is 6. The molecule has 0 saturated carbocycles. The molecule has 168 valence electrons. The highest BCUT2D eigenvalue weighted by Gasteiger charge is 2.15. The summed E-state index contributed by atoms with van der Waals surface area (Å²) in [6.07, 6.45) is 0. The molecule has 6 nitrogen and oxygen atoms in total. The van der Waals surface area contributed by atoms with Crippen LogP contribution in [0.2, 0.25) is 5.02 Å². The number of thiazole rings is 1. The Kier molecular flexibility index (Phi) is 8.96. The Morgan fingerprint density at radius 1 is 1.19 bits per heavy atom. The number of rotatable bonds is 10. The maximum atomic E-state index is 12.9. The highest BCUT2D eigenvalue weighted by Crippen LogP contribution is 2.30. The number of thioether (sulfide) groups is 1. The van der Waals surface area contributed by atoms with E-state index >= 15 is 0 Å². The average molecular weight is 490 g/mol. The van der Waals surface area contributed by atoms with Crippen LogP contribution in [-0.2, 0) is 10.5 Å². The van der Waals surface area contributed by atoms with Gasteiger partial charge in [-0.1, -0.05) is 23.7 Å². The molecule has 0 unspecified atom stereocenters. The van der Waals surface area contributed by atoms with E-state index in [9.17, 15) is 9.59 Å². The second-order valence-corrected chi connectivity index (χ2v) is 8.86. The second-order valence-electron chi connectivity index (χ2n) is 6.72. The van der Waals surface area contributed by atoms with Gasteiger partial charge in [0.1, 0.15) is 5.75 Å². The number of halogens is 1. The molecule has 32 heavy (non-hydrogen) atoms. The minimum Gasteiger partial charge on any atom is -0.482 e. The third-order valence-electron chi connectivity index (χ3n) is 4.65. The standard InChI is InChI=1S/C23H24ClN3O3S2/c1-3-27(4-2)22(28)12-30-20-10-9-16(11-19(20)24)26-23(29)18-7-5-6-8-21(18)32-14-17-13-31-15-25-17/h5-11,13,15H,3-4,12,14H2,1-2H3,(H,26,29). The number of amides is 2. The Morgan fingerprint density at radius 3 is 2.66 bits per heavy atom.